The van der Waals surface area contributed by atoms with Crippen molar-refractivity contribution in [3.63, 3.8) is 0 Å². The van der Waals surface area contributed by atoms with Gasteiger partial charge < -0.3 is 4.74 Å². The normalized spacial score (nSPS) is 15.3. The third-order valence-electron chi connectivity index (χ3n) is 2.93. The van der Waals surface area contributed by atoms with Gasteiger partial charge in [0.2, 0.25) is 0 Å². The van der Waals surface area contributed by atoms with Crippen molar-refractivity contribution in [3.8, 4) is 0 Å². The molecule has 0 heterocycles. The van der Waals surface area contributed by atoms with Crippen molar-refractivity contribution < 1.29 is 9.53 Å². The van der Waals surface area contributed by atoms with Crippen LogP contribution in [0.25, 0.3) is 0 Å². The number of nitrogens with one attached hydrogen (secondary N) is 1. The molecule has 0 radical (unpaired) electrons. The predicted molar refractivity (Wildman–Crippen MR) is 63.6 cm³/mol. The summed E-state index contributed by atoms with van der Waals surface area (Å²) in [5, 5.41) is 2.73. The fraction of sp³-hybridized carbons (Fsp3) is 0.462. The number of hydrogen-bond donors (Lipinski definition) is 1. The first kappa shape index (κ1) is 11.0. The lowest BCUT2D eigenvalue weighted by atomic mass is 9.96. The summed E-state index contributed by atoms with van der Waals surface area (Å²) in [4.78, 5) is 11.4. The summed E-state index contributed by atoms with van der Waals surface area (Å²) in [7, 11) is 0. The number of carbonyl (C=O) groups excluding carboxylic acids is 1. The Bertz CT molecular complexity index is 355. The van der Waals surface area contributed by atoms with Crippen LogP contribution in [0.1, 0.15) is 31.7 Å². The van der Waals surface area contributed by atoms with Gasteiger partial charge in [0.05, 0.1) is 0 Å². The molecular weight excluding hydrogens is 202 g/mol. The number of amides is 1. The minimum Gasteiger partial charge on any atom is -0.446 e. The van der Waals surface area contributed by atoms with Gasteiger partial charge in [0.1, 0.15) is 6.10 Å². The van der Waals surface area contributed by atoms with Crippen molar-refractivity contribution in [2.24, 2.45) is 0 Å². The van der Waals surface area contributed by atoms with Crippen molar-refractivity contribution in [2.75, 3.05) is 5.32 Å². The van der Waals surface area contributed by atoms with E-state index in [0.29, 0.717) is 0 Å². The smallest absolute Gasteiger partial charge is 0.411 e. The molecule has 16 heavy (non-hydrogen) atoms. The van der Waals surface area contributed by atoms with Crippen molar-refractivity contribution in [1.82, 2.24) is 0 Å². The number of ether oxygens (including phenoxy) is 1. The Morgan fingerprint density at radius 2 is 2.06 bits per heavy atom. The highest BCUT2D eigenvalue weighted by atomic mass is 16.6. The zero-order valence-electron chi connectivity index (χ0n) is 9.53. The number of anilines is 1. The highest BCUT2D eigenvalue weighted by Crippen LogP contribution is 2.22. The van der Waals surface area contributed by atoms with Gasteiger partial charge in [0.25, 0.3) is 0 Å². The molecule has 1 aromatic carbocycles. The van der Waals surface area contributed by atoms with Gasteiger partial charge in [0, 0.05) is 5.69 Å². The van der Waals surface area contributed by atoms with Gasteiger partial charge in [-0.05, 0) is 43.4 Å². The average molecular weight is 219 g/mol. The van der Waals surface area contributed by atoms with Gasteiger partial charge in [-0.2, -0.15) is 0 Å². The molecule has 0 aromatic heterocycles. The van der Waals surface area contributed by atoms with E-state index in [0.717, 1.165) is 24.9 Å². The fourth-order valence-electron chi connectivity index (χ4n) is 1.61. The summed E-state index contributed by atoms with van der Waals surface area (Å²) < 4.78 is 5.20. The molecule has 0 saturated heterocycles. The summed E-state index contributed by atoms with van der Waals surface area (Å²) in [6.45, 7) is 2.10. The SMILES string of the molecule is CCc1ccc(NC(=O)OC2CCC2)cc1. The summed E-state index contributed by atoms with van der Waals surface area (Å²) in [6.07, 6.45) is 3.98. The Balaban J connectivity index is 1.84. The number of aryl methyl sites for hydroxylation is 1. The maximum absolute atomic E-state index is 11.4. The van der Waals surface area contributed by atoms with Gasteiger partial charge in [0.15, 0.2) is 0 Å². The molecule has 1 amide bonds. The van der Waals surface area contributed by atoms with Crippen LogP contribution in [0.4, 0.5) is 10.5 Å². The highest BCUT2D eigenvalue weighted by molar-refractivity contribution is 5.84. The third-order valence-corrected chi connectivity index (χ3v) is 2.93. The molecule has 3 nitrogen and oxygen atoms in total. The number of hydrogen-bond acceptors (Lipinski definition) is 2. The maximum atomic E-state index is 11.4. The van der Waals surface area contributed by atoms with Crippen LogP contribution < -0.4 is 5.32 Å². The maximum Gasteiger partial charge on any atom is 0.411 e. The molecule has 1 fully saturated rings. The van der Waals surface area contributed by atoms with E-state index in [4.69, 9.17) is 4.74 Å². The van der Waals surface area contributed by atoms with Gasteiger partial charge >= 0.3 is 6.09 Å². The number of carbonyl (C=O) groups is 1. The minimum atomic E-state index is -0.339. The summed E-state index contributed by atoms with van der Waals surface area (Å²) in [5.41, 5.74) is 2.06. The minimum absolute atomic E-state index is 0.134. The number of rotatable bonds is 3. The number of benzene rings is 1. The summed E-state index contributed by atoms with van der Waals surface area (Å²) >= 11 is 0. The monoisotopic (exact) mass is 219 g/mol. The van der Waals surface area contributed by atoms with E-state index in [1.54, 1.807) is 0 Å². The van der Waals surface area contributed by atoms with Crippen molar-refractivity contribution in [2.45, 2.75) is 38.7 Å². The first-order chi connectivity index (χ1) is 7.78. The second-order valence-electron chi connectivity index (χ2n) is 4.13. The molecule has 1 aromatic rings. The van der Waals surface area contributed by atoms with Crippen LogP contribution in [0, 0.1) is 0 Å². The van der Waals surface area contributed by atoms with Crippen LogP contribution in [-0.4, -0.2) is 12.2 Å². The molecule has 0 aliphatic heterocycles. The second kappa shape index (κ2) is 5.01. The zero-order valence-corrected chi connectivity index (χ0v) is 9.53. The molecule has 0 bridgehead atoms. The molecule has 3 heteroatoms. The molecule has 0 atom stereocenters. The molecule has 1 N–H and O–H groups in total. The lowest BCUT2D eigenvalue weighted by molar-refractivity contribution is 0.0624. The van der Waals surface area contributed by atoms with E-state index in [1.807, 2.05) is 24.3 Å². The van der Waals surface area contributed by atoms with E-state index < -0.39 is 0 Å². The quantitative estimate of drug-likeness (QED) is 0.846. The Kier molecular flexibility index (Phi) is 3.44. The van der Waals surface area contributed by atoms with Gasteiger partial charge in [-0.15, -0.1) is 0 Å². The van der Waals surface area contributed by atoms with Crippen LogP contribution in [0.15, 0.2) is 24.3 Å². The van der Waals surface area contributed by atoms with E-state index >= 15 is 0 Å². The zero-order chi connectivity index (χ0) is 11.4. The predicted octanol–water partition coefficient (Wildman–Crippen LogP) is 3.35. The van der Waals surface area contributed by atoms with Crippen LogP contribution in [0.5, 0.6) is 0 Å². The Morgan fingerprint density at radius 3 is 2.56 bits per heavy atom. The average Bonchev–Trinajstić information content (AvgIpc) is 2.25. The molecule has 1 aliphatic rings. The van der Waals surface area contributed by atoms with Crippen LogP contribution in [0.3, 0.4) is 0 Å². The second-order valence-corrected chi connectivity index (χ2v) is 4.13. The first-order valence-electron chi connectivity index (χ1n) is 5.84. The van der Waals surface area contributed by atoms with E-state index in [2.05, 4.69) is 12.2 Å². The van der Waals surface area contributed by atoms with Crippen molar-refractivity contribution in [1.29, 1.82) is 0 Å². The summed E-state index contributed by atoms with van der Waals surface area (Å²) in [6, 6.07) is 7.83. The molecular formula is C13H17NO2. The molecule has 1 saturated carbocycles. The van der Waals surface area contributed by atoms with Crippen LogP contribution in [0.2, 0.25) is 0 Å². The van der Waals surface area contributed by atoms with Crippen LogP contribution >= 0.6 is 0 Å². The molecule has 1 aliphatic carbocycles. The first-order valence-corrected chi connectivity index (χ1v) is 5.84. The van der Waals surface area contributed by atoms with Crippen LogP contribution in [-0.2, 0) is 11.2 Å². The van der Waals surface area contributed by atoms with E-state index in [-0.39, 0.29) is 12.2 Å². The lowest BCUT2D eigenvalue weighted by Crippen LogP contribution is -2.27. The lowest BCUT2D eigenvalue weighted by Gasteiger charge is -2.25. The van der Waals surface area contributed by atoms with E-state index in [9.17, 15) is 4.79 Å². The summed E-state index contributed by atoms with van der Waals surface area (Å²) in [5.74, 6) is 0. The van der Waals surface area contributed by atoms with Gasteiger partial charge in [-0.1, -0.05) is 19.1 Å². The van der Waals surface area contributed by atoms with Crippen molar-refractivity contribution in [3.05, 3.63) is 29.8 Å². The Morgan fingerprint density at radius 1 is 1.38 bits per heavy atom. The Hall–Kier alpha value is -1.51. The fourth-order valence-corrected chi connectivity index (χ4v) is 1.61. The molecule has 86 valence electrons. The standard InChI is InChI=1S/C13H17NO2/c1-2-10-6-8-11(9-7-10)14-13(15)16-12-4-3-5-12/h6-9,12H,2-5H2,1H3,(H,14,15). The van der Waals surface area contributed by atoms with Gasteiger partial charge in [-0.25, -0.2) is 4.79 Å². The topological polar surface area (TPSA) is 38.3 Å². The highest BCUT2D eigenvalue weighted by Gasteiger charge is 2.21. The molecule has 2 rings (SSSR count). The third kappa shape index (κ3) is 2.75. The Labute approximate surface area is 95.8 Å². The molecule has 0 spiro atoms. The van der Waals surface area contributed by atoms with Gasteiger partial charge in [-0.3, -0.25) is 5.32 Å². The molecule has 0 unspecified atom stereocenters. The van der Waals surface area contributed by atoms with E-state index in [1.165, 1.54) is 12.0 Å². The van der Waals surface area contributed by atoms with Crippen molar-refractivity contribution >= 4 is 11.8 Å². The largest absolute Gasteiger partial charge is 0.446 e.